The summed E-state index contributed by atoms with van der Waals surface area (Å²) in [7, 11) is 0. The standard InChI is InChI=1S/C25H30BrFN2O3/c1-3-18-10-13-23(22(26)14-18)32-16-24(30)29(15-19-8-11-20(27)12-9-19)17(2)25(31)28-21-6-4-5-7-21/h8-14,17,21H,3-7,15-16H2,1-2H3,(H,28,31). The van der Waals surface area contributed by atoms with Gasteiger partial charge in [-0.15, -0.1) is 0 Å². The summed E-state index contributed by atoms with van der Waals surface area (Å²) >= 11 is 3.49. The van der Waals surface area contributed by atoms with Crippen LogP contribution in [-0.2, 0) is 22.6 Å². The number of aryl methyl sites for hydroxylation is 1. The van der Waals surface area contributed by atoms with Crippen LogP contribution in [-0.4, -0.2) is 35.4 Å². The third-order valence-corrected chi connectivity index (χ3v) is 6.51. The number of nitrogens with zero attached hydrogens (tertiary/aromatic N) is 1. The predicted octanol–water partition coefficient (Wildman–Crippen LogP) is 5.01. The second-order valence-corrected chi connectivity index (χ2v) is 9.08. The van der Waals surface area contributed by atoms with Gasteiger partial charge in [0, 0.05) is 12.6 Å². The van der Waals surface area contributed by atoms with Gasteiger partial charge in [0.2, 0.25) is 5.91 Å². The van der Waals surface area contributed by atoms with Crippen LogP contribution in [0.25, 0.3) is 0 Å². The van der Waals surface area contributed by atoms with Crippen LogP contribution in [0.2, 0.25) is 0 Å². The van der Waals surface area contributed by atoms with Gasteiger partial charge in [-0.25, -0.2) is 4.39 Å². The van der Waals surface area contributed by atoms with Crippen LogP contribution in [0.3, 0.4) is 0 Å². The Morgan fingerprint density at radius 3 is 2.44 bits per heavy atom. The average molecular weight is 505 g/mol. The maximum Gasteiger partial charge on any atom is 0.261 e. The lowest BCUT2D eigenvalue weighted by Gasteiger charge is -2.29. The summed E-state index contributed by atoms with van der Waals surface area (Å²) in [5.41, 5.74) is 1.90. The van der Waals surface area contributed by atoms with Crippen LogP contribution in [0.15, 0.2) is 46.9 Å². The molecule has 1 aliphatic rings. The predicted molar refractivity (Wildman–Crippen MR) is 126 cm³/mol. The molecule has 1 N–H and O–H groups in total. The number of hydrogen-bond acceptors (Lipinski definition) is 3. The van der Waals surface area contributed by atoms with Gasteiger partial charge in [-0.1, -0.05) is 38.0 Å². The molecule has 2 amide bonds. The number of carbonyl (C=O) groups is 2. The Balaban J connectivity index is 1.71. The fourth-order valence-electron chi connectivity index (χ4n) is 3.86. The zero-order valence-electron chi connectivity index (χ0n) is 18.6. The highest BCUT2D eigenvalue weighted by Gasteiger charge is 2.28. The summed E-state index contributed by atoms with van der Waals surface area (Å²) in [4.78, 5) is 27.5. The Hall–Kier alpha value is -2.41. The third-order valence-electron chi connectivity index (χ3n) is 5.89. The van der Waals surface area contributed by atoms with Gasteiger partial charge in [-0.2, -0.15) is 0 Å². The number of hydrogen-bond donors (Lipinski definition) is 1. The van der Waals surface area contributed by atoms with E-state index < -0.39 is 6.04 Å². The number of nitrogens with one attached hydrogen (secondary N) is 1. The zero-order valence-corrected chi connectivity index (χ0v) is 20.2. The normalized spacial score (nSPS) is 14.8. The molecule has 0 heterocycles. The molecule has 1 saturated carbocycles. The minimum absolute atomic E-state index is 0.164. The van der Waals surface area contributed by atoms with E-state index in [9.17, 15) is 14.0 Å². The van der Waals surface area contributed by atoms with Crippen molar-refractivity contribution in [1.82, 2.24) is 10.2 Å². The lowest BCUT2D eigenvalue weighted by molar-refractivity contribution is -0.142. The van der Waals surface area contributed by atoms with Crippen molar-refractivity contribution in [3.63, 3.8) is 0 Å². The molecule has 0 saturated heterocycles. The van der Waals surface area contributed by atoms with Crippen molar-refractivity contribution >= 4 is 27.7 Å². The van der Waals surface area contributed by atoms with Crippen molar-refractivity contribution < 1.29 is 18.7 Å². The molecule has 32 heavy (non-hydrogen) atoms. The number of benzene rings is 2. The van der Waals surface area contributed by atoms with Crippen LogP contribution in [0.4, 0.5) is 4.39 Å². The number of halogens is 2. The zero-order chi connectivity index (χ0) is 23.1. The molecule has 172 valence electrons. The van der Waals surface area contributed by atoms with Crippen molar-refractivity contribution in [2.75, 3.05) is 6.61 Å². The van der Waals surface area contributed by atoms with Crippen molar-refractivity contribution in [1.29, 1.82) is 0 Å². The van der Waals surface area contributed by atoms with E-state index in [1.54, 1.807) is 19.1 Å². The van der Waals surface area contributed by atoms with Gasteiger partial charge in [0.1, 0.15) is 17.6 Å². The monoisotopic (exact) mass is 504 g/mol. The van der Waals surface area contributed by atoms with Crippen molar-refractivity contribution in [2.45, 2.75) is 64.6 Å². The summed E-state index contributed by atoms with van der Waals surface area (Å²) in [6.45, 7) is 3.78. The highest BCUT2D eigenvalue weighted by Crippen LogP contribution is 2.26. The molecule has 0 aromatic heterocycles. The van der Waals surface area contributed by atoms with E-state index in [2.05, 4.69) is 28.2 Å². The van der Waals surface area contributed by atoms with E-state index in [4.69, 9.17) is 4.74 Å². The molecule has 2 aromatic carbocycles. The van der Waals surface area contributed by atoms with Gasteiger partial charge >= 0.3 is 0 Å². The quantitative estimate of drug-likeness (QED) is 0.522. The lowest BCUT2D eigenvalue weighted by Crippen LogP contribution is -2.50. The lowest BCUT2D eigenvalue weighted by atomic mass is 10.1. The fraction of sp³-hybridized carbons (Fsp3) is 0.440. The molecule has 0 bridgehead atoms. The topological polar surface area (TPSA) is 58.6 Å². The van der Waals surface area contributed by atoms with E-state index >= 15 is 0 Å². The van der Waals surface area contributed by atoms with Gasteiger partial charge < -0.3 is 15.0 Å². The SMILES string of the molecule is CCc1ccc(OCC(=O)N(Cc2ccc(F)cc2)C(C)C(=O)NC2CCCC2)c(Br)c1. The van der Waals surface area contributed by atoms with Crippen LogP contribution in [0.5, 0.6) is 5.75 Å². The van der Waals surface area contributed by atoms with Crippen LogP contribution in [0, 0.1) is 5.82 Å². The molecule has 1 unspecified atom stereocenters. The molecule has 5 nitrogen and oxygen atoms in total. The molecule has 3 rings (SSSR count). The van der Waals surface area contributed by atoms with E-state index in [0.29, 0.717) is 5.75 Å². The van der Waals surface area contributed by atoms with Gasteiger partial charge in [0.05, 0.1) is 4.47 Å². The molecule has 7 heteroatoms. The molecular formula is C25H30BrFN2O3. The summed E-state index contributed by atoms with van der Waals surface area (Å²) in [5, 5.41) is 3.06. The smallest absolute Gasteiger partial charge is 0.261 e. The first kappa shape index (κ1) is 24.2. The molecule has 0 radical (unpaired) electrons. The number of rotatable bonds is 9. The van der Waals surface area contributed by atoms with Crippen LogP contribution < -0.4 is 10.1 Å². The molecule has 2 aromatic rings. The minimum Gasteiger partial charge on any atom is -0.483 e. The third kappa shape index (κ3) is 6.55. The van der Waals surface area contributed by atoms with E-state index in [0.717, 1.165) is 47.7 Å². The summed E-state index contributed by atoms with van der Waals surface area (Å²) in [5.74, 6) is -0.265. The first-order valence-corrected chi connectivity index (χ1v) is 11.9. The van der Waals surface area contributed by atoms with Gasteiger partial charge in [0.15, 0.2) is 6.61 Å². The highest BCUT2D eigenvalue weighted by atomic mass is 79.9. The van der Waals surface area contributed by atoms with Crippen LogP contribution >= 0.6 is 15.9 Å². The highest BCUT2D eigenvalue weighted by molar-refractivity contribution is 9.10. The first-order chi connectivity index (χ1) is 15.4. The van der Waals surface area contributed by atoms with Gasteiger partial charge in [0.25, 0.3) is 5.91 Å². The van der Waals surface area contributed by atoms with E-state index in [1.807, 2.05) is 18.2 Å². The maximum absolute atomic E-state index is 13.3. The number of carbonyl (C=O) groups excluding carboxylic acids is 2. The van der Waals surface area contributed by atoms with E-state index in [1.165, 1.54) is 17.0 Å². The largest absolute Gasteiger partial charge is 0.483 e. The maximum atomic E-state index is 13.3. The molecule has 0 spiro atoms. The van der Waals surface area contributed by atoms with E-state index in [-0.39, 0.29) is 36.8 Å². The Kier molecular flexibility index (Phi) is 8.67. The average Bonchev–Trinajstić information content (AvgIpc) is 3.30. The number of amides is 2. The second kappa shape index (κ2) is 11.5. The summed E-state index contributed by atoms with van der Waals surface area (Å²) in [6.07, 6.45) is 5.05. The number of ether oxygens (including phenoxy) is 1. The molecule has 1 fully saturated rings. The van der Waals surface area contributed by atoms with Crippen molar-refractivity contribution in [2.24, 2.45) is 0 Å². The Morgan fingerprint density at radius 1 is 1.16 bits per heavy atom. The Bertz CT molecular complexity index is 929. The molecule has 0 aliphatic heterocycles. The fourth-order valence-corrected chi connectivity index (χ4v) is 4.41. The summed E-state index contributed by atoms with van der Waals surface area (Å²) in [6, 6.07) is 11.2. The van der Waals surface area contributed by atoms with Gasteiger partial charge in [-0.3, -0.25) is 9.59 Å². The Morgan fingerprint density at radius 2 is 1.81 bits per heavy atom. The van der Waals surface area contributed by atoms with Crippen molar-refractivity contribution in [3.8, 4) is 5.75 Å². The Labute approximate surface area is 197 Å². The van der Waals surface area contributed by atoms with Crippen LogP contribution in [0.1, 0.15) is 50.7 Å². The first-order valence-electron chi connectivity index (χ1n) is 11.1. The van der Waals surface area contributed by atoms with Crippen molar-refractivity contribution in [3.05, 3.63) is 63.9 Å². The molecular weight excluding hydrogens is 475 g/mol. The molecule has 1 aliphatic carbocycles. The minimum atomic E-state index is -0.678. The summed E-state index contributed by atoms with van der Waals surface area (Å²) < 4.78 is 19.9. The second-order valence-electron chi connectivity index (χ2n) is 8.22. The molecule has 1 atom stereocenters. The van der Waals surface area contributed by atoms with Gasteiger partial charge in [-0.05, 0) is 77.5 Å².